The Bertz CT molecular complexity index is 600. The van der Waals surface area contributed by atoms with Gasteiger partial charge in [-0.2, -0.15) is 0 Å². The van der Waals surface area contributed by atoms with Gasteiger partial charge in [-0.3, -0.25) is 4.79 Å². The zero-order valence-electron chi connectivity index (χ0n) is 9.52. The maximum Gasteiger partial charge on any atom is 0.251 e. The number of aromatic nitrogens is 2. The van der Waals surface area contributed by atoms with Crippen molar-refractivity contribution in [1.29, 1.82) is 0 Å². The van der Waals surface area contributed by atoms with Crippen molar-refractivity contribution in [2.45, 2.75) is 16.5 Å². The zero-order chi connectivity index (χ0) is 13.0. The summed E-state index contributed by atoms with van der Waals surface area (Å²) < 4.78 is 13.4. The van der Waals surface area contributed by atoms with E-state index in [2.05, 4.69) is 9.97 Å². The smallest absolute Gasteiger partial charge is 0.251 e. The first kappa shape index (κ1) is 12.8. The monoisotopic (exact) mass is 265 g/mol. The number of nitrogens with two attached hydrogens (primary N) is 1. The second kappa shape index (κ2) is 5.79. The van der Waals surface area contributed by atoms with E-state index in [1.54, 1.807) is 0 Å². The lowest BCUT2D eigenvalue weighted by atomic mass is 10.1. The molecule has 0 saturated carbocycles. The molecule has 0 spiro atoms. The molecule has 0 aliphatic rings. The maximum absolute atomic E-state index is 13.4. The third kappa shape index (κ3) is 3.41. The van der Waals surface area contributed by atoms with E-state index in [0.29, 0.717) is 23.0 Å². The molecule has 1 heterocycles. The molecule has 2 rings (SSSR count). The highest BCUT2D eigenvalue weighted by Crippen LogP contribution is 2.25. The molecule has 2 aromatic rings. The van der Waals surface area contributed by atoms with Crippen LogP contribution >= 0.6 is 11.8 Å². The first-order chi connectivity index (χ1) is 8.67. The van der Waals surface area contributed by atoms with Crippen LogP contribution in [0.2, 0.25) is 0 Å². The number of halogens is 1. The highest BCUT2D eigenvalue weighted by Gasteiger charge is 2.04. The topological polar surface area (TPSA) is 71.8 Å². The van der Waals surface area contributed by atoms with E-state index in [4.69, 9.17) is 5.73 Å². The van der Waals surface area contributed by atoms with Gasteiger partial charge in [-0.25, -0.2) is 9.37 Å². The van der Waals surface area contributed by atoms with E-state index < -0.39 is 0 Å². The van der Waals surface area contributed by atoms with Gasteiger partial charge in [0, 0.05) is 17.2 Å². The number of nitrogens with zero attached hydrogens (tertiary/aromatic N) is 1. The predicted octanol–water partition coefficient (Wildman–Crippen LogP) is 1.56. The highest BCUT2D eigenvalue weighted by atomic mass is 32.2. The molecule has 4 nitrogen and oxygen atoms in total. The van der Waals surface area contributed by atoms with E-state index >= 15 is 0 Å². The molecule has 0 aliphatic carbocycles. The molecule has 0 saturated heterocycles. The van der Waals surface area contributed by atoms with E-state index in [1.807, 2.05) is 6.07 Å². The van der Waals surface area contributed by atoms with Crippen molar-refractivity contribution in [1.82, 2.24) is 9.97 Å². The Kier molecular flexibility index (Phi) is 4.11. The standard InChI is InChI=1S/C12H12FN3OS/c13-9-5-8(1-3-14)6-10(7-9)18-12-15-4-2-11(17)16-12/h2,4-7H,1,3,14H2,(H,15,16,17). The van der Waals surface area contributed by atoms with Gasteiger partial charge in [-0.1, -0.05) is 11.8 Å². The molecular formula is C12H12FN3OS. The van der Waals surface area contributed by atoms with Crippen molar-refractivity contribution in [3.8, 4) is 0 Å². The number of nitrogens with one attached hydrogen (secondary N) is 1. The van der Waals surface area contributed by atoms with Gasteiger partial charge in [0.2, 0.25) is 0 Å². The molecule has 94 valence electrons. The summed E-state index contributed by atoms with van der Waals surface area (Å²) in [6, 6.07) is 6.03. The minimum absolute atomic E-state index is 0.230. The Morgan fingerprint density at radius 3 is 2.94 bits per heavy atom. The van der Waals surface area contributed by atoms with Crippen LogP contribution in [-0.2, 0) is 6.42 Å². The molecule has 18 heavy (non-hydrogen) atoms. The fourth-order valence-electron chi connectivity index (χ4n) is 1.51. The van der Waals surface area contributed by atoms with Crippen LogP contribution in [0.4, 0.5) is 4.39 Å². The van der Waals surface area contributed by atoms with Gasteiger partial charge < -0.3 is 10.7 Å². The van der Waals surface area contributed by atoms with Crippen LogP contribution in [-0.4, -0.2) is 16.5 Å². The second-order valence-electron chi connectivity index (χ2n) is 3.68. The van der Waals surface area contributed by atoms with Gasteiger partial charge in [0.05, 0.1) is 0 Å². The zero-order valence-corrected chi connectivity index (χ0v) is 10.3. The normalized spacial score (nSPS) is 10.6. The second-order valence-corrected chi connectivity index (χ2v) is 4.74. The van der Waals surface area contributed by atoms with Crippen LogP contribution < -0.4 is 11.3 Å². The van der Waals surface area contributed by atoms with Crippen LogP contribution in [0.15, 0.2) is 45.3 Å². The third-order valence-electron chi connectivity index (χ3n) is 2.23. The number of hydrogen-bond acceptors (Lipinski definition) is 4. The highest BCUT2D eigenvalue weighted by molar-refractivity contribution is 7.99. The van der Waals surface area contributed by atoms with E-state index in [9.17, 15) is 9.18 Å². The summed E-state index contributed by atoms with van der Waals surface area (Å²) in [6.07, 6.45) is 2.03. The SMILES string of the molecule is NCCc1cc(F)cc(Sc2nccc(=O)[nH]2)c1. The van der Waals surface area contributed by atoms with E-state index in [-0.39, 0.29) is 11.4 Å². The number of benzene rings is 1. The predicted molar refractivity (Wildman–Crippen MR) is 68.1 cm³/mol. The first-order valence-corrected chi connectivity index (χ1v) is 6.22. The van der Waals surface area contributed by atoms with Gasteiger partial charge in [-0.05, 0) is 36.7 Å². The van der Waals surface area contributed by atoms with Gasteiger partial charge >= 0.3 is 0 Å². The molecule has 0 bridgehead atoms. The summed E-state index contributed by atoms with van der Waals surface area (Å²) in [5, 5.41) is 0.437. The molecule has 3 N–H and O–H groups in total. The quantitative estimate of drug-likeness (QED) is 0.823. The minimum Gasteiger partial charge on any atom is -0.330 e. The molecule has 6 heteroatoms. The molecule has 0 aliphatic heterocycles. The molecule has 0 amide bonds. The maximum atomic E-state index is 13.4. The number of H-pyrrole nitrogens is 1. The largest absolute Gasteiger partial charge is 0.330 e. The van der Waals surface area contributed by atoms with Crippen LogP contribution in [0, 0.1) is 5.82 Å². The van der Waals surface area contributed by atoms with Crippen LogP contribution in [0.25, 0.3) is 0 Å². The molecule has 1 aromatic carbocycles. The van der Waals surface area contributed by atoms with Crippen molar-refractivity contribution >= 4 is 11.8 Å². The van der Waals surface area contributed by atoms with Crippen molar-refractivity contribution in [3.63, 3.8) is 0 Å². The molecule has 0 atom stereocenters. The minimum atomic E-state index is -0.318. The Hall–Kier alpha value is -1.66. The molecule has 0 fully saturated rings. The summed E-state index contributed by atoms with van der Waals surface area (Å²) in [6.45, 7) is 0.466. The fourth-order valence-corrected chi connectivity index (χ4v) is 2.38. The summed E-state index contributed by atoms with van der Waals surface area (Å²) in [5.41, 5.74) is 6.05. The molecular weight excluding hydrogens is 253 g/mol. The van der Waals surface area contributed by atoms with Crippen molar-refractivity contribution in [3.05, 3.63) is 52.2 Å². The average Bonchev–Trinajstić information content (AvgIpc) is 2.28. The number of aromatic amines is 1. The Morgan fingerprint density at radius 2 is 2.22 bits per heavy atom. The summed E-state index contributed by atoms with van der Waals surface area (Å²) in [7, 11) is 0. The Labute approximate surface area is 107 Å². The van der Waals surface area contributed by atoms with Gasteiger partial charge in [-0.15, -0.1) is 0 Å². The Morgan fingerprint density at radius 1 is 1.39 bits per heavy atom. The van der Waals surface area contributed by atoms with Gasteiger partial charge in [0.1, 0.15) is 5.82 Å². The van der Waals surface area contributed by atoms with E-state index in [0.717, 1.165) is 5.56 Å². The Balaban J connectivity index is 2.25. The molecule has 0 radical (unpaired) electrons. The van der Waals surface area contributed by atoms with Crippen LogP contribution in [0.5, 0.6) is 0 Å². The summed E-state index contributed by atoms with van der Waals surface area (Å²) in [5.74, 6) is -0.318. The van der Waals surface area contributed by atoms with Crippen LogP contribution in [0.3, 0.4) is 0 Å². The first-order valence-electron chi connectivity index (χ1n) is 5.40. The summed E-state index contributed by atoms with van der Waals surface area (Å²) >= 11 is 1.21. The van der Waals surface area contributed by atoms with Crippen molar-refractivity contribution < 1.29 is 4.39 Å². The van der Waals surface area contributed by atoms with Crippen molar-refractivity contribution in [2.24, 2.45) is 5.73 Å². The average molecular weight is 265 g/mol. The van der Waals surface area contributed by atoms with E-state index in [1.165, 1.54) is 36.2 Å². The molecule has 0 unspecified atom stereocenters. The fraction of sp³-hybridized carbons (Fsp3) is 0.167. The third-order valence-corrected chi connectivity index (χ3v) is 3.10. The van der Waals surface area contributed by atoms with Crippen molar-refractivity contribution in [2.75, 3.05) is 6.54 Å². The lowest BCUT2D eigenvalue weighted by Gasteiger charge is -2.04. The molecule has 1 aromatic heterocycles. The lowest BCUT2D eigenvalue weighted by Crippen LogP contribution is -2.05. The lowest BCUT2D eigenvalue weighted by molar-refractivity contribution is 0.621. The van der Waals surface area contributed by atoms with Gasteiger partial charge in [0.25, 0.3) is 5.56 Å². The number of rotatable bonds is 4. The number of hydrogen-bond donors (Lipinski definition) is 2. The van der Waals surface area contributed by atoms with Crippen LogP contribution in [0.1, 0.15) is 5.56 Å². The van der Waals surface area contributed by atoms with Gasteiger partial charge in [0.15, 0.2) is 5.16 Å². The summed E-state index contributed by atoms with van der Waals surface area (Å²) in [4.78, 5) is 18.4.